The van der Waals surface area contributed by atoms with Gasteiger partial charge in [-0.3, -0.25) is 29.0 Å². The molecule has 53 heavy (non-hydrogen) atoms. The van der Waals surface area contributed by atoms with Crippen molar-refractivity contribution in [3.05, 3.63) is 83.9 Å². The van der Waals surface area contributed by atoms with Crippen molar-refractivity contribution >= 4 is 46.4 Å². The summed E-state index contributed by atoms with van der Waals surface area (Å²) in [6, 6.07) is 20.1. The van der Waals surface area contributed by atoms with E-state index in [1.165, 1.54) is 16.9 Å². The lowest BCUT2D eigenvalue weighted by Crippen LogP contribution is -2.43. The average molecular weight is 719 g/mol. The molecule has 12 nitrogen and oxygen atoms in total. The molecule has 1 saturated carbocycles. The smallest absolute Gasteiger partial charge is 0.238 e. The molecule has 274 valence electrons. The van der Waals surface area contributed by atoms with Gasteiger partial charge in [-0.15, -0.1) is 0 Å². The van der Waals surface area contributed by atoms with Gasteiger partial charge in [0, 0.05) is 49.0 Å². The maximum atomic E-state index is 14.6. The number of phenols is 1. The molecule has 4 amide bonds. The van der Waals surface area contributed by atoms with Gasteiger partial charge in [0.25, 0.3) is 0 Å². The number of carbonyl (C=O) groups excluding carboxylic acids is 4. The van der Waals surface area contributed by atoms with Gasteiger partial charge < -0.3 is 29.1 Å². The zero-order valence-electron chi connectivity index (χ0n) is 29.6. The molecule has 0 spiro atoms. The van der Waals surface area contributed by atoms with Crippen LogP contribution in [0.15, 0.2) is 78.4 Å². The van der Waals surface area contributed by atoms with Crippen molar-refractivity contribution in [1.29, 1.82) is 0 Å². The van der Waals surface area contributed by atoms with Crippen molar-refractivity contribution in [1.82, 2.24) is 0 Å². The number of nitrogens with zero attached hydrogens (tertiary/aromatic N) is 4. The van der Waals surface area contributed by atoms with Crippen molar-refractivity contribution in [2.45, 2.75) is 18.8 Å². The second-order valence-electron chi connectivity index (χ2n) is 14.7. The fourth-order valence-corrected chi connectivity index (χ4v) is 9.67. The number of morpholine rings is 2. The van der Waals surface area contributed by atoms with Crippen LogP contribution in [0.3, 0.4) is 0 Å². The maximum absolute atomic E-state index is 14.6. The van der Waals surface area contributed by atoms with Gasteiger partial charge in [-0.1, -0.05) is 23.8 Å². The number of aromatic hydroxyl groups is 1. The summed E-state index contributed by atoms with van der Waals surface area (Å²) in [5.41, 5.74) is 4.26. The number of imide groups is 2. The number of phenolic OH excluding ortho intramolecular Hbond substituents is 1. The van der Waals surface area contributed by atoms with Crippen LogP contribution in [0, 0.1) is 29.6 Å². The number of amides is 4. The van der Waals surface area contributed by atoms with E-state index < -0.39 is 35.5 Å². The molecule has 3 aromatic carbocycles. The van der Waals surface area contributed by atoms with E-state index in [0.717, 1.165) is 43.1 Å². The molecule has 4 saturated heterocycles. The molecule has 2 aliphatic carbocycles. The van der Waals surface area contributed by atoms with Crippen LogP contribution >= 0.6 is 0 Å². The number of methoxy groups -OCH3 is 1. The number of ether oxygens (including phenoxy) is 3. The Kier molecular flexibility index (Phi) is 8.46. The Balaban J connectivity index is 1.06. The molecule has 12 heteroatoms. The van der Waals surface area contributed by atoms with Gasteiger partial charge >= 0.3 is 0 Å². The SMILES string of the molecule is COc1cccc([C@H]2C3=CC[C@@H]4C(=O)N(c5ccc(N6CCOCC6)cc5)C(=O)[C@@H]4[C@@H]3C[C@H]3C(=O)N(c4ccc(N5CCOCC5)cc4)C(=O)[C@@H]23)c1O. The van der Waals surface area contributed by atoms with E-state index in [2.05, 4.69) is 9.80 Å². The minimum absolute atomic E-state index is 0.105. The van der Waals surface area contributed by atoms with Crippen LogP contribution < -0.4 is 24.3 Å². The van der Waals surface area contributed by atoms with E-state index in [9.17, 15) is 24.3 Å². The highest BCUT2D eigenvalue weighted by Crippen LogP contribution is 2.60. The van der Waals surface area contributed by atoms with Gasteiger partial charge in [-0.05, 0) is 73.4 Å². The van der Waals surface area contributed by atoms with Crippen LogP contribution in [0.1, 0.15) is 24.3 Å². The van der Waals surface area contributed by atoms with Crippen molar-refractivity contribution in [3.8, 4) is 11.5 Å². The quantitative estimate of drug-likeness (QED) is 0.294. The highest BCUT2D eigenvalue weighted by Gasteiger charge is 2.62. The normalized spacial score (nSPS) is 28.5. The molecule has 3 aromatic rings. The van der Waals surface area contributed by atoms with E-state index in [0.29, 0.717) is 49.8 Å². The number of allylic oxidation sites excluding steroid dienone is 2. The van der Waals surface area contributed by atoms with Gasteiger partial charge in [0.2, 0.25) is 23.6 Å². The predicted molar refractivity (Wildman–Crippen MR) is 196 cm³/mol. The number of rotatable bonds is 6. The molecule has 0 unspecified atom stereocenters. The number of anilines is 4. The number of para-hydroxylation sites is 1. The number of hydrogen-bond donors (Lipinski definition) is 1. The second kappa shape index (κ2) is 13.3. The first-order valence-electron chi connectivity index (χ1n) is 18.5. The fraction of sp³-hybridized carbons (Fsp3) is 0.415. The molecule has 6 atom stereocenters. The third-order valence-corrected chi connectivity index (χ3v) is 12.2. The van der Waals surface area contributed by atoms with Crippen LogP contribution in [0.4, 0.5) is 22.7 Å². The first-order chi connectivity index (χ1) is 25.9. The third kappa shape index (κ3) is 5.41. The molecule has 0 bridgehead atoms. The lowest BCUT2D eigenvalue weighted by molar-refractivity contribution is -0.126. The van der Waals surface area contributed by atoms with E-state index in [4.69, 9.17) is 14.2 Å². The van der Waals surface area contributed by atoms with Gasteiger partial charge in [0.15, 0.2) is 11.5 Å². The maximum Gasteiger partial charge on any atom is 0.238 e. The summed E-state index contributed by atoms with van der Waals surface area (Å²) in [5.74, 6) is -5.14. The molecule has 4 heterocycles. The van der Waals surface area contributed by atoms with Crippen LogP contribution in [0.2, 0.25) is 0 Å². The van der Waals surface area contributed by atoms with Crippen LogP contribution in [0.25, 0.3) is 0 Å². The molecule has 1 N–H and O–H groups in total. The van der Waals surface area contributed by atoms with E-state index >= 15 is 0 Å². The summed E-state index contributed by atoms with van der Waals surface area (Å²) >= 11 is 0. The Morgan fingerprint density at radius 3 is 1.68 bits per heavy atom. The highest BCUT2D eigenvalue weighted by atomic mass is 16.5. The van der Waals surface area contributed by atoms with E-state index in [1.54, 1.807) is 30.3 Å². The number of benzene rings is 3. The number of hydrogen-bond acceptors (Lipinski definition) is 10. The minimum Gasteiger partial charge on any atom is -0.504 e. The Bertz CT molecular complexity index is 1990. The molecule has 5 fully saturated rings. The lowest BCUT2D eigenvalue weighted by atomic mass is 9.57. The fourth-order valence-electron chi connectivity index (χ4n) is 9.67. The summed E-state index contributed by atoms with van der Waals surface area (Å²) < 4.78 is 16.5. The number of fused-ring (bicyclic) bond motifs is 4. The monoisotopic (exact) mass is 718 g/mol. The first-order valence-corrected chi connectivity index (χ1v) is 18.5. The van der Waals surface area contributed by atoms with Crippen LogP contribution in [-0.4, -0.2) is 88.5 Å². The predicted octanol–water partition coefficient (Wildman–Crippen LogP) is 4.12. The van der Waals surface area contributed by atoms with Crippen LogP contribution in [-0.2, 0) is 28.7 Å². The van der Waals surface area contributed by atoms with Gasteiger partial charge in [-0.2, -0.15) is 0 Å². The summed E-state index contributed by atoms with van der Waals surface area (Å²) in [4.78, 5) is 64.6. The summed E-state index contributed by atoms with van der Waals surface area (Å²) in [6.07, 6.45) is 2.55. The second-order valence-corrected chi connectivity index (χ2v) is 14.7. The largest absolute Gasteiger partial charge is 0.504 e. The molecular formula is C41H42N4O8. The summed E-state index contributed by atoms with van der Waals surface area (Å²) in [6.45, 7) is 5.62. The summed E-state index contributed by atoms with van der Waals surface area (Å²) in [5, 5.41) is 11.5. The molecule has 9 rings (SSSR count). The molecular weight excluding hydrogens is 676 g/mol. The van der Waals surface area contributed by atoms with Gasteiger partial charge in [-0.25, -0.2) is 0 Å². The van der Waals surface area contributed by atoms with Crippen molar-refractivity contribution < 1.29 is 38.5 Å². The Hall–Kier alpha value is -5.20. The lowest BCUT2D eigenvalue weighted by Gasteiger charge is -2.44. The van der Waals surface area contributed by atoms with Crippen molar-refractivity contribution in [3.63, 3.8) is 0 Å². The zero-order valence-corrected chi connectivity index (χ0v) is 29.6. The van der Waals surface area contributed by atoms with Gasteiger partial charge in [0.05, 0.1) is 68.6 Å². The minimum atomic E-state index is -0.811. The molecule has 0 aromatic heterocycles. The Morgan fingerprint density at radius 1 is 0.623 bits per heavy atom. The van der Waals surface area contributed by atoms with Gasteiger partial charge in [0.1, 0.15) is 0 Å². The third-order valence-electron chi connectivity index (χ3n) is 12.2. The highest BCUT2D eigenvalue weighted by molar-refractivity contribution is 6.24. The number of carbonyl (C=O) groups is 4. The summed E-state index contributed by atoms with van der Waals surface area (Å²) in [7, 11) is 1.47. The Morgan fingerprint density at radius 2 is 1.13 bits per heavy atom. The average Bonchev–Trinajstić information content (AvgIpc) is 3.61. The Labute approximate surface area is 307 Å². The standard InChI is InChI=1S/C41H42N4O8/c1-51-33-4-2-3-29(37(33)46)34-28-13-14-30-35(40(49)44(38(30)47)26-9-5-24(6-10-26)42-15-19-52-20-16-42)31(28)23-32-36(34)41(50)45(39(32)48)27-11-7-25(8-12-27)43-17-21-53-22-18-43/h2-13,30-32,34-36,46H,14-23H2,1H3/t30-,31+,32+,34+,35-,36+/m0/s1. The first kappa shape index (κ1) is 33.6. The molecule has 0 radical (unpaired) electrons. The van der Waals surface area contributed by atoms with E-state index in [-0.39, 0.29) is 41.5 Å². The molecule has 6 aliphatic rings. The van der Waals surface area contributed by atoms with Crippen molar-refractivity contribution in [2.24, 2.45) is 29.6 Å². The zero-order chi connectivity index (χ0) is 36.4. The van der Waals surface area contributed by atoms with Crippen molar-refractivity contribution in [2.75, 3.05) is 79.3 Å². The van der Waals surface area contributed by atoms with E-state index in [1.807, 2.05) is 42.5 Å². The molecule has 4 aliphatic heterocycles. The van der Waals surface area contributed by atoms with Crippen LogP contribution in [0.5, 0.6) is 11.5 Å². The topological polar surface area (TPSA) is 129 Å².